The van der Waals surface area contributed by atoms with Gasteiger partial charge in [-0.25, -0.2) is 8.78 Å². The molecule has 0 amide bonds. The summed E-state index contributed by atoms with van der Waals surface area (Å²) in [6.07, 6.45) is 3.41. The molecule has 0 spiro atoms. The van der Waals surface area contributed by atoms with Crippen LogP contribution < -0.4 is 0 Å². The molecule has 0 bridgehead atoms. The van der Waals surface area contributed by atoms with E-state index in [9.17, 15) is 8.78 Å². The van der Waals surface area contributed by atoms with Crippen molar-refractivity contribution in [3.63, 3.8) is 0 Å². The van der Waals surface area contributed by atoms with E-state index in [1.54, 1.807) is 24.5 Å². The van der Waals surface area contributed by atoms with Crippen molar-refractivity contribution < 1.29 is 14.0 Å². The zero-order valence-electron chi connectivity index (χ0n) is 9.35. The maximum absolute atomic E-state index is 13.5. The number of aromatic nitrogens is 1. The average molecular weight is 248 g/mol. The highest BCUT2D eigenvalue weighted by Gasteiger charge is 2.12. The Balaban J connectivity index is 2.30. The minimum atomic E-state index is -0.758. The van der Waals surface area contributed by atoms with Gasteiger partial charge in [-0.1, -0.05) is 11.2 Å². The van der Waals surface area contributed by atoms with Gasteiger partial charge >= 0.3 is 0 Å². The molecule has 5 heteroatoms. The van der Waals surface area contributed by atoms with Crippen LogP contribution >= 0.6 is 0 Å². The maximum Gasteiger partial charge on any atom is 0.135 e. The van der Waals surface area contributed by atoms with E-state index in [4.69, 9.17) is 5.21 Å². The molecule has 0 aliphatic carbocycles. The second-order valence-corrected chi connectivity index (χ2v) is 3.71. The first-order chi connectivity index (χ1) is 8.70. The molecule has 0 saturated heterocycles. The Morgan fingerprint density at radius 3 is 2.72 bits per heavy atom. The number of pyridine rings is 1. The Kier molecular flexibility index (Phi) is 3.62. The first kappa shape index (κ1) is 12.2. The minimum Gasteiger partial charge on any atom is -0.411 e. The van der Waals surface area contributed by atoms with E-state index < -0.39 is 11.6 Å². The Labute approximate surface area is 102 Å². The number of oxime groups is 1. The van der Waals surface area contributed by atoms with E-state index in [0.29, 0.717) is 0 Å². The largest absolute Gasteiger partial charge is 0.411 e. The molecule has 3 nitrogen and oxygen atoms in total. The third kappa shape index (κ3) is 2.68. The predicted octanol–water partition coefficient (Wildman–Crippen LogP) is 2.78. The Hall–Kier alpha value is -2.30. The molecule has 2 rings (SSSR count). The lowest BCUT2D eigenvalue weighted by Gasteiger charge is -2.06. The summed E-state index contributed by atoms with van der Waals surface area (Å²) in [5.74, 6) is -1.43. The molecule has 1 N–H and O–H groups in total. The van der Waals surface area contributed by atoms with E-state index in [2.05, 4.69) is 10.1 Å². The van der Waals surface area contributed by atoms with Crippen molar-refractivity contribution in [2.75, 3.05) is 0 Å². The Morgan fingerprint density at radius 1 is 1.28 bits per heavy atom. The quantitative estimate of drug-likeness (QED) is 0.515. The number of hydrogen-bond acceptors (Lipinski definition) is 3. The van der Waals surface area contributed by atoms with Crippen LogP contribution in [0.2, 0.25) is 0 Å². The van der Waals surface area contributed by atoms with Gasteiger partial charge in [0.2, 0.25) is 0 Å². The van der Waals surface area contributed by atoms with Crippen LogP contribution in [0.25, 0.3) is 0 Å². The van der Waals surface area contributed by atoms with Gasteiger partial charge in [0.1, 0.15) is 11.6 Å². The lowest BCUT2D eigenvalue weighted by Crippen LogP contribution is -2.08. The molecule has 0 atom stereocenters. The minimum absolute atomic E-state index is 0.0720. The molecule has 1 heterocycles. The van der Waals surface area contributed by atoms with Gasteiger partial charge in [-0.15, -0.1) is 0 Å². The van der Waals surface area contributed by atoms with Gasteiger partial charge in [0.15, 0.2) is 0 Å². The highest BCUT2D eigenvalue weighted by molar-refractivity contribution is 6.01. The summed E-state index contributed by atoms with van der Waals surface area (Å²) >= 11 is 0. The van der Waals surface area contributed by atoms with Crippen LogP contribution in [-0.2, 0) is 6.42 Å². The van der Waals surface area contributed by atoms with Crippen molar-refractivity contribution in [2.24, 2.45) is 5.16 Å². The Morgan fingerprint density at radius 2 is 2.11 bits per heavy atom. The summed E-state index contributed by atoms with van der Waals surface area (Å²) in [4.78, 5) is 3.91. The monoisotopic (exact) mass is 248 g/mol. The van der Waals surface area contributed by atoms with Gasteiger partial charge in [-0.2, -0.15) is 0 Å². The zero-order valence-corrected chi connectivity index (χ0v) is 9.35. The second-order valence-electron chi connectivity index (χ2n) is 3.71. The molecule has 0 unspecified atom stereocenters. The number of nitrogens with zero attached hydrogens (tertiary/aromatic N) is 2. The first-order valence-electron chi connectivity index (χ1n) is 5.26. The maximum atomic E-state index is 13.5. The van der Waals surface area contributed by atoms with Crippen molar-refractivity contribution in [2.45, 2.75) is 6.42 Å². The van der Waals surface area contributed by atoms with Crippen LogP contribution in [-0.4, -0.2) is 15.9 Å². The summed E-state index contributed by atoms with van der Waals surface area (Å²) in [6, 6.07) is 6.62. The molecule has 92 valence electrons. The molecule has 1 aromatic carbocycles. The van der Waals surface area contributed by atoms with E-state index in [-0.39, 0.29) is 17.7 Å². The number of rotatable bonds is 3. The van der Waals surface area contributed by atoms with Crippen molar-refractivity contribution in [1.29, 1.82) is 0 Å². The van der Waals surface area contributed by atoms with E-state index in [1.165, 1.54) is 6.07 Å². The van der Waals surface area contributed by atoms with Crippen LogP contribution in [0.4, 0.5) is 8.78 Å². The van der Waals surface area contributed by atoms with Gasteiger partial charge in [-0.05, 0) is 23.8 Å². The SMILES string of the molecule is ON=C(Cc1cccnc1)c1ccc(F)cc1F. The molecule has 2 aromatic rings. The van der Waals surface area contributed by atoms with Gasteiger partial charge in [0, 0.05) is 30.4 Å². The van der Waals surface area contributed by atoms with E-state index in [0.717, 1.165) is 17.7 Å². The van der Waals surface area contributed by atoms with E-state index >= 15 is 0 Å². The van der Waals surface area contributed by atoms with Crippen LogP contribution in [0, 0.1) is 11.6 Å². The summed E-state index contributed by atoms with van der Waals surface area (Å²) in [5.41, 5.74) is 0.970. The molecule has 1 aromatic heterocycles. The summed E-state index contributed by atoms with van der Waals surface area (Å²) in [7, 11) is 0. The molecular formula is C13H10F2N2O. The molecule has 18 heavy (non-hydrogen) atoms. The second kappa shape index (κ2) is 5.35. The summed E-state index contributed by atoms with van der Waals surface area (Å²) in [6.45, 7) is 0. The van der Waals surface area contributed by atoms with Crippen LogP contribution in [0.1, 0.15) is 11.1 Å². The highest BCUT2D eigenvalue weighted by Crippen LogP contribution is 2.13. The number of halogens is 2. The van der Waals surface area contributed by atoms with Crippen molar-refractivity contribution in [1.82, 2.24) is 4.98 Å². The van der Waals surface area contributed by atoms with Crippen molar-refractivity contribution in [3.05, 3.63) is 65.5 Å². The fourth-order valence-corrected chi connectivity index (χ4v) is 1.60. The van der Waals surface area contributed by atoms with Crippen molar-refractivity contribution >= 4 is 5.71 Å². The third-order valence-corrected chi connectivity index (χ3v) is 2.46. The van der Waals surface area contributed by atoms with Crippen LogP contribution in [0.15, 0.2) is 47.9 Å². The highest BCUT2D eigenvalue weighted by atomic mass is 19.1. The zero-order chi connectivity index (χ0) is 13.0. The Bertz CT molecular complexity index is 570. The van der Waals surface area contributed by atoms with E-state index in [1.807, 2.05) is 0 Å². The molecular weight excluding hydrogens is 238 g/mol. The van der Waals surface area contributed by atoms with Gasteiger partial charge < -0.3 is 5.21 Å². The third-order valence-electron chi connectivity index (χ3n) is 2.46. The van der Waals surface area contributed by atoms with Gasteiger partial charge in [0.25, 0.3) is 0 Å². The normalized spacial score (nSPS) is 11.6. The number of hydrogen-bond donors (Lipinski definition) is 1. The van der Waals surface area contributed by atoms with Gasteiger partial charge in [-0.3, -0.25) is 4.98 Å². The summed E-state index contributed by atoms with van der Waals surface area (Å²) in [5, 5.41) is 12.0. The van der Waals surface area contributed by atoms with Crippen LogP contribution in [0.5, 0.6) is 0 Å². The molecule has 0 fully saturated rings. The predicted molar refractivity (Wildman–Crippen MR) is 62.6 cm³/mol. The van der Waals surface area contributed by atoms with Gasteiger partial charge in [0.05, 0.1) is 5.71 Å². The fourth-order valence-electron chi connectivity index (χ4n) is 1.60. The fraction of sp³-hybridized carbons (Fsp3) is 0.0769. The summed E-state index contributed by atoms with van der Waals surface area (Å²) < 4.78 is 26.3. The molecule has 0 radical (unpaired) electrons. The van der Waals surface area contributed by atoms with Crippen LogP contribution in [0.3, 0.4) is 0 Å². The molecule has 0 aliphatic heterocycles. The topological polar surface area (TPSA) is 45.5 Å². The molecule has 0 saturated carbocycles. The molecule has 0 aliphatic rings. The average Bonchev–Trinajstić information content (AvgIpc) is 2.38. The lowest BCUT2D eigenvalue weighted by atomic mass is 10.0. The van der Waals surface area contributed by atoms with Crippen molar-refractivity contribution in [3.8, 4) is 0 Å². The lowest BCUT2D eigenvalue weighted by molar-refractivity contribution is 0.318. The first-order valence-corrected chi connectivity index (χ1v) is 5.26. The standard InChI is InChI=1S/C13H10F2N2O/c14-10-3-4-11(12(15)7-10)13(17-18)6-9-2-1-5-16-8-9/h1-5,7-8,18H,6H2. The number of benzene rings is 1. The smallest absolute Gasteiger partial charge is 0.135 e.